The Kier molecular flexibility index (Phi) is 6.40. The minimum atomic E-state index is 0.543. The third-order valence-corrected chi connectivity index (χ3v) is 5.15. The molecule has 0 aliphatic carbocycles. The first kappa shape index (κ1) is 19.3. The zero-order chi connectivity index (χ0) is 19.2. The second-order valence-electron chi connectivity index (χ2n) is 6.51. The maximum absolute atomic E-state index is 5.77. The van der Waals surface area contributed by atoms with Crippen LogP contribution in [0.4, 0.5) is 0 Å². The molecule has 0 amide bonds. The van der Waals surface area contributed by atoms with Crippen molar-refractivity contribution < 1.29 is 13.9 Å². The number of thioether (sulfide) groups is 1. The van der Waals surface area contributed by atoms with E-state index in [-0.39, 0.29) is 0 Å². The van der Waals surface area contributed by atoms with Gasteiger partial charge in [-0.05, 0) is 34.7 Å². The SMILES string of the molecule is COc1ccc(Cc2nnc(SCc3ccc(C(C)C)cc3)o2)cc1OC. The highest BCUT2D eigenvalue weighted by Crippen LogP contribution is 2.29. The number of benzene rings is 2. The van der Waals surface area contributed by atoms with Gasteiger partial charge in [-0.3, -0.25) is 0 Å². The predicted molar refractivity (Wildman–Crippen MR) is 107 cm³/mol. The van der Waals surface area contributed by atoms with E-state index in [1.807, 2.05) is 18.2 Å². The molecule has 142 valence electrons. The molecule has 0 bridgehead atoms. The van der Waals surface area contributed by atoms with E-state index in [4.69, 9.17) is 13.9 Å². The van der Waals surface area contributed by atoms with Crippen molar-refractivity contribution in [2.75, 3.05) is 14.2 Å². The van der Waals surface area contributed by atoms with Crippen LogP contribution in [-0.2, 0) is 12.2 Å². The average Bonchev–Trinajstić information content (AvgIpc) is 3.13. The van der Waals surface area contributed by atoms with Crippen LogP contribution in [-0.4, -0.2) is 24.4 Å². The van der Waals surface area contributed by atoms with Gasteiger partial charge in [-0.25, -0.2) is 0 Å². The van der Waals surface area contributed by atoms with Gasteiger partial charge in [-0.1, -0.05) is 55.9 Å². The van der Waals surface area contributed by atoms with Crippen molar-refractivity contribution in [3.05, 3.63) is 65.0 Å². The second kappa shape index (κ2) is 8.95. The molecule has 1 heterocycles. The standard InChI is InChI=1S/C21H24N2O3S/c1-14(2)17-8-5-15(6-9-17)13-27-21-23-22-20(26-21)12-16-7-10-18(24-3)19(11-16)25-4/h5-11,14H,12-13H2,1-4H3. The second-order valence-corrected chi connectivity index (χ2v) is 7.44. The molecule has 0 unspecified atom stereocenters. The summed E-state index contributed by atoms with van der Waals surface area (Å²) in [5.74, 6) is 3.32. The van der Waals surface area contributed by atoms with E-state index >= 15 is 0 Å². The molecule has 0 aliphatic heterocycles. The fourth-order valence-corrected chi connectivity index (χ4v) is 3.41. The highest BCUT2D eigenvalue weighted by atomic mass is 32.2. The molecule has 5 nitrogen and oxygen atoms in total. The van der Waals surface area contributed by atoms with E-state index in [9.17, 15) is 0 Å². The minimum absolute atomic E-state index is 0.543. The highest BCUT2D eigenvalue weighted by Gasteiger charge is 2.11. The summed E-state index contributed by atoms with van der Waals surface area (Å²) in [4.78, 5) is 0. The lowest BCUT2D eigenvalue weighted by molar-refractivity contribution is 0.354. The van der Waals surface area contributed by atoms with Gasteiger partial charge in [-0.15, -0.1) is 10.2 Å². The number of aromatic nitrogens is 2. The Morgan fingerprint density at radius 1 is 0.926 bits per heavy atom. The van der Waals surface area contributed by atoms with Crippen LogP contribution in [0.3, 0.4) is 0 Å². The van der Waals surface area contributed by atoms with E-state index in [1.54, 1.807) is 26.0 Å². The molecular formula is C21H24N2O3S. The first-order valence-electron chi connectivity index (χ1n) is 8.84. The Balaban J connectivity index is 1.60. The van der Waals surface area contributed by atoms with E-state index in [2.05, 4.69) is 48.3 Å². The quantitative estimate of drug-likeness (QED) is 0.504. The molecule has 0 N–H and O–H groups in total. The van der Waals surface area contributed by atoms with Crippen LogP contribution in [0.15, 0.2) is 52.1 Å². The minimum Gasteiger partial charge on any atom is -0.493 e. The summed E-state index contributed by atoms with van der Waals surface area (Å²) in [5, 5.41) is 8.87. The summed E-state index contributed by atoms with van der Waals surface area (Å²) in [6.45, 7) is 4.39. The molecule has 27 heavy (non-hydrogen) atoms. The van der Waals surface area contributed by atoms with E-state index in [1.165, 1.54) is 11.1 Å². The molecule has 3 aromatic rings. The van der Waals surface area contributed by atoms with Crippen molar-refractivity contribution in [3.8, 4) is 11.5 Å². The number of methoxy groups -OCH3 is 2. The fourth-order valence-electron chi connectivity index (χ4n) is 2.68. The highest BCUT2D eigenvalue weighted by molar-refractivity contribution is 7.98. The lowest BCUT2D eigenvalue weighted by atomic mass is 10.0. The number of ether oxygens (including phenoxy) is 2. The Bertz CT molecular complexity index is 875. The normalized spacial score (nSPS) is 11.0. The lowest BCUT2D eigenvalue weighted by Crippen LogP contribution is -1.94. The lowest BCUT2D eigenvalue weighted by Gasteiger charge is -2.08. The van der Waals surface area contributed by atoms with Crippen molar-refractivity contribution in [3.63, 3.8) is 0 Å². The molecule has 2 aromatic carbocycles. The smallest absolute Gasteiger partial charge is 0.276 e. The maximum atomic E-state index is 5.77. The Hall–Kier alpha value is -2.47. The molecule has 0 aliphatic rings. The molecule has 0 atom stereocenters. The van der Waals surface area contributed by atoms with Crippen molar-refractivity contribution in [1.29, 1.82) is 0 Å². The van der Waals surface area contributed by atoms with Gasteiger partial charge in [-0.2, -0.15) is 0 Å². The van der Waals surface area contributed by atoms with Crippen molar-refractivity contribution in [2.45, 2.75) is 37.2 Å². The van der Waals surface area contributed by atoms with Gasteiger partial charge >= 0.3 is 0 Å². The van der Waals surface area contributed by atoms with Crippen LogP contribution in [0.5, 0.6) is 11.5 Å². The van der Waals surface area contributed by atoms with Crippen molar-refractivity contribution >= 4 is 11.8 Å². The predicted octanol–water partition coefficient (Wildman–Crippen LogP) is 5.09. The van der Waals surface area contributed by atoms with Crippen LogP contribution in [0.2, 0.25) is 0 Å². The van der Waals surface area contributed by atoms with Gasteiger partial charge in [0.15, 0.2) is 11.5 Å². The third kappa shape index (κ3) is 5.04. The van der Waals surface area contributed by atoms with E-state index < -0.39 is 0 Å². The van der Waals surface area contributed by atoms with Gasteiger partial charge in [0.2, 0.25) is 5.89 Å². The van der Waals surface area contributed by atoms with Crippen LogP contribution in [0.25, 0.3) is 0 Å². The van der Waals surface area contributed by atoms with Gasteiger partial charge in [0.05, 0.1) is 20.6 Å². The number of rotatable bonds is 8. The van der Waals surface area contributed by atoms with Gasteiger partial charge in [0, 0.05) is 5.75 Å². The van der Waals surface area contributed by atoms with Crippen molar-refractivity contribution in [2.24, 2.45) is 0 Å². The van der Waals surface area contributed by atoms with Crippen LogP contribution < -0.4 is 9.47 Å². The van der Waals surface area contributed by atoms with Crippen molar-refractivity contribution in [1.82, 2.24) is 10.2 Å². The number of hydrogen-bond donors (Lipinski definition) is 0. The van der Waals surface area contributed by atoms with Gasteiger partial charge < -0.3 is 13.9 Å². The maximum Gasteiger partial charge on any atom is 0.276 e. The third-order valence-electron chi connectivity index (χ3n) is 4.26. The largest absolute Gasteiger partial charge is 0.493 e. The molecule has 0 fully saturated rings. The Morgan fingerprint density at radius 3 is 2.30 bits per heavy atom. The van der Waals surface area contributed by atoms with Gasteiger partial charge in [0.1, 0.15) is 0 Å². The van der Waals surface area contributed by atoms with Gasteiger partial charge in [0.25, 0.3) is 5.22 Å². The number of hydrogen-bond acceptors (Lipinski definition) is 6. The summed E-state index contributed by atoms with van der Waals surface area (Å²) < 4.78 is 16.4. The first-order chi connectivity index (χ1) is 13.1. The summed E-state index contributed by atoms with van der Waals surface area (Å²) >= 11 is 1.55. The van der Waals surface area contributed by atoms with Crippen LogP contribution >= 0.6 is 11.8 Å². The summed E-state index contributed by atoms with van der Waals surface area (Å²) in [5.41, 5.74) is 3.61. The van der Waals surface area contributed by atoms with E-state index in [0.29, 0.717) is 35.0 Å². The first-order valence-corrected chi connectivity index (χ1v) is 9.82. The monoisotopic (exact) mass is 384 g/mol. The summed E-state index contributed by atoms with van der Waals surface area (Å²) in [6, 6.07) is 14.4. The topological polar surface area (TPSA) is 57.4 Å². The van der Waals surface area contributed by atoms with E-state index in [0.717, 1.165) is 11.3 Å². The number of nitrogens with zero attached hydrogens (tertiary/aromatic N) is 2. The molecular weight excluding hydrogens is 360 g/mol. The Morgan fingerprint density at radius 2 is 1.63 bits per heavy atom. The Labute approximate surface area is 164 Å². The summed E-state index contributed by atoms with van der Waals surface area (Å²) in [6.07, 6.45) is 0.553. The van der Waals surface area contributed by atoms with Crippen LogP contribution in [0, 0.1) is 0 Å². The molecule has 1 aromatic heterocycles. The molecule has 0 spiro atoms. The van der Waals surface area contributed by atoms with Crippen LogP contribution in [0.1, 0.15) is 42.3 Å². The average molecular weight is 385 g/mol. The zero-order valence-corrected chi connectivity index (χ0v) is 16.9. The molecule has 0 saturated carbocycles. The molecule has 6 heteroatoms. The summed E-state index contributed by atoms with van der Waals surface area (Å²) in [7, 11) is 3.24. The zero-order valence-electron chi connectivity index (χ0n) is 16.1. The molecule has 0 saturated heterocycles. The molecule has 0 radical (unpaired) electrons. The molecule has 3 rings (SSSR count). The fraction of sp³-hybridized carbons (Fsp3) is 0.333.